The van der Waals surface area contributed by atoms with Crippen molar-refractivity contribution in [3.63, 3.8) is 0 Å². The Kier molecular flexibility index (Phi) is 3.10. The van der Waals surface area contributed by atoms with Crippen molar-refractivity contribution < 1.29 is 0 Å². The summed E-state index contributed by atoms with van der Waals surface area (Å²) in [6.45, 7) is 4.51. The van der Waals surface area contributed by atoms with Gasteiger partial charge in [-0.05, 0) is 57.1 Å². The molecule has 4 atom stereocenters. The van der Waals surface area contributed by atoms with Crippen molar-refractivity contribution in [2.45, 2.75) is 45.2 Å². The molecular weight excluding hydrogens is 226 g/mol. The molecule has 2 heteroatoms. The average Bonchev–Trinajstić information content (AvgIpc) is 2.82. The monoisotopic (exact) mass is 247 g/mol. The maximum Gasteiger partial charge on any atom is 0.0138 e. The molecule has 4 unspecified atom stereocenters. The van der Waals surface area contributed by atoms with Crippen molar-refractivity contribution in [2.75, 3.05) is 0 Å². The van der Waals surface area contributed by atoms with E-state index in [4.69, 9.17) is 0 Å². The highest BCUT2D eigenvalue weighted by Crippen LogP contribution is 2.42. The predicted octanol–water partition coefficient (Wildman–Crippen LogP) is 3.54. The predicted molar refractivity (Wildman–Crippen MR) is 74.5 cm³/mol. The molecule has 0 saturated heterocycles. The molecule has 0 aromatic carbocycles. The summed E-state index contributed by atoms with van der Waals surface area (Å²) in [7, 11) is 0. The van der Waals surface area contributed by atoms with Gasteiger partial charge in [-0.2, -0.15) is 0 Å². The second-order valence-corrected chi connectivity index (χ2v) is 7.00. The zero-order chi connectivity index (χ0) is 11.8. The molecule has 2 aliphatic carbocycles. The number of aryl methyl sites for hydroxylation is 1. The SMILES string of the molecule is Cc1ccc(CC(C)NC2CC3CC=CC32)s1. The molecule has 1 fully saturated rings. The molecule has 92 valence electrons. The molecular formula is C15H21NS. The normalized spacial score (nSPS) is 32.2. The van der Waals surface area contributed by atoms with E-state index in [-0.39, 0.29) is 0 Å². The van der Waals surface area contributed by atoms with Gasteiger partial charge in [-0.1, -0.05) is 12.2 Å². The summed E-state index contributed by atoms with van der Waals surface area (Å²) in [5, 5.41) is 3.80. The molecule has 0 radical (unpaired) electrons. The van der Waals surface area contributed by atoms with Gasteiger partial charge in [-0.25, -0.2) is 0 Å². The summed E-state index contributed by atoms with van der Waals surface area (Å²) in [5.41, 5.74) is 0. The Morgan fingerprint density at radius 3 is 3.06 bits per heavy atom. The lowest BCUT2D eigenvalue weighted by atomic mass is 9.71. The van der Waals surface area contributed by atoms with Crippen molar-refractivity contribution in [3.8, 4) is 0 Å². The number of hydrogen-bond donors (Lipinski definition) is 1. The fourth-order valence-corrected chi connectivity index (χ4v) is 4.25. The fourth-order valence-electron chi connectivity index (χ4n) is 3.23. The molecule has 1 heterocycles. The molecule has 2 aliphatic rings. The summed E-state index contributed by atoms with van der Waals surface area (Å²) in [4.78, 5) is 2.94. The van der Waals surface area contributed by atoms with Crippen molar-refractivity contribution in [2.24, 2.45) is 11.8 Å². The lowest BCUT2D eigenvalue weighted by molar-refractivity contribution is 0.152. The Hall–Kier alpha value is -0.600. The number of allylic oxidation sites excluding steroid dienone is 1. The van der Waals surface area contributed by atoms with E-state index < -0.39 is 0 Å². The maximum absolute atomic E-state index is 3.80. The standard InChI is InChI=1S/C15H21NS/c1-10(8-13-7-6-11(2)17-13)16-15-9-12-4-3-5-14(12)15/h3,5-7,10,12,14-16H,4,8-9H2,1-2H3. The van der Waals surface area contributed by atoms with E-state index in [1.54, 1.807) is 0 Å². The van der Waals surface area contributed by atoms with Crippen LogP contribution in [0.3, 0.4) is 0 Å². The van der Waals surface area contributed by atoms with E-state index in [1.807, 2.05) is 11.3 Å². The average molecular weight is 247 g/mol. The minimum Gasteiger partial charge on any atom is -0.311 e. The van der Waals surface area contributed by atoms with E-state index >= 15 is 0 Å². The van der Waals surface area contributed by atoms with Crippen molar-refractivity contribution >= 4 is 11.3 Å². The van der Waals surface area contributed by atoms with Gasteiger partial charge in [0.25, 0.3) is 0 Å². The number of thiophene rings is 1. The quantitative estimate of drug-likeness (QED) is 0.802. The van der Waals surface area contributed by atoms with E-state index in [1.165, 1.54) is 29.0 Å². The molecule has 0 bridgehead atoms. The van der Waals surface area contributed by atoms with Gasteiger partial charge in [0.15, 0.2) is 0 Å². The molecule has 1 aromatic rings. The van der Waals surface area contributed by atoms with Gasteiger partial charge in [-0.3, -0.25) is 0 Å². The maximum atomic E-state index is 3.80. The second kappa shape index (κ2) is 4.58. The third-order valence-corrected chi connectivity index (χ3v) is 5.19. The van der Waals surface area contributed by atoms with Gasteiger partial charge in [0.05, 0.1) is 0 Å². The lowest BCUT2D eigenvalue weighted by Crippen LogP contribution is -2.51. The summed E-state index contributed by atoms with van der Waals surface area (Å²) < 4.78 is 0. The molecule has 1 nitrogen and oxygen atoms in total. The summed E-state index contributed by atoms with van der Waals surface area (Å²) in [6.07, 6.45) is 8.67. The molecule has 1 saturated carbocycles. The largest absolute Gasteiger partial charge is 0.311 e. The van der Waals surface area contributed by atoms with E-state index in [2.05, 4.69) is 43.4 Å². The first-order valence-electron chi connectivity index (χ1n) is 6.70. The van der Waals surface area contributed by atoms with Crippen LogP contribution in [0.5, 0.6) is 0 Å². The van der Waals surface area contributed by atoms with Gasteiger partial charge in [0.1, 0.15) is 0 Å². The zero-order valence-electron chi connectivity index (χ0n) is 10.6. The Morgan fingerprint density at radius 2 is 2.35 bits per heavy atom. The molecule has 17 heavy (non-hydrogen) atoms. The van der Waals surface area contributed by atoms with Crippen LogP contribution in [0.25, 0.3) is 0 Å². The number of hydrogen-bond acceptors (Lipinski definition) is 2. The topological polar surface area (TPSA) is 12.0 Å². The minimum atomic E-state index is 0.605. The van der Waals surface area contributed by atoms with Crippen molar-refractivity contribution in [1.82, 2.24) is 5.32 Å². The highest BCUT2D eigenvalue weighted by atomic mass is 32.1. The first-order chi connectivity index (χ1) is 8.22. The van der Waals surface area contributed by atoms with Gasteiger partial charge in [-0.15, -0.1) is 11.3 Å². The van der Waals surface area contributed by atoms with Gasteiger partial charge in [0, 0.05) is 21.8 Å². The summed E-state index contributed by atoms with van der Waals surface area (Å²) >= 11 is 1.93. The first-order valence-corrected chi connectivity index (χ1v) is 7.52. The zero-order valence-corrected chi connectivity index (χ0v) is 11.5. The van der Waals surface area contributed by atoms with Crippen molar-refractivity contribution in [3.05, 3.63) is 34.0 Å². The van der Waals surface area contributed by atoms with Crippen LogP contribution < -0.4 is 5.32 Å². The molecule has 3 rings (SSSR count). The summed E-state index contributed by atoms with van der Waals surface area (Å²) in [6, 6.07) is 5.85. The van der Waals surface area contributed by atoms with Crippen LogP contribution in [0.4, 0.5) is 0 Å². The number of fused-ring (bicyclic) bond motifs is 1. The Bertz CT molecular complexity index is 420. The third kappa shape index (κ3) is 2.34. The van der Waals surface area contributed by atoms with Crippen molar-refractivity contribution in [1.29, 1.82) is 0 Å². The molecule has 0 spiro atoms. The smallest absolute Gasteiger partial charge is 0.0138 e. The molecule has 0 amide bonds. The Labute approximate surface area is 108 Å². The third-order valence-electron chi connectivity index (χ3n) is 4.16. The molecule has 1 aromatic heterocycles. The molecule has 1 N–H and O–H groups in total. The number of rotatable bonds is 4. The lowest BCUT2D eigenvalue weighted by Gasteiger charge is -2.42. The van der Waals surface area contributed by atoms with E-state index in [0.717, 1.165) is 17.9 Å². The van der Waals surface area contributed by atoms with Gasteiger partial charge < -0.3 is 5.32 Å². The summed E-state index contributed by atoms with van der Waals surface area (Å²) in [5.74, 6) is 1.80. The minimum absolute atomic E-state index is 0.605. The highest BCUT2D eigenvalue weighted by molar-refractivity contribution is 7.11. The van der Waals surface area contributed by atoms with Gasteiger partial charge in [0.2, 0.25) is 0 Å². The van der Waals surface area contributed by atoms with Crippen LogP contribution in [0.15, 0.2) is 24.3 Å². The second-order valence-electron chi connectivity index (χ2n) is 5.63. The Balaban J connectivity index is 1.50. The van der Waals surface area contributed by atoms with E-state index in [0.29, 0.717) is 6.04 Å². The first kappa shape index (κ1) is 11.5. The fraction of sp³-hybridized carbons (Fsp3) is 0.600. The van der Waals surface area contributed by atoms with Crippen LogP contribution in [-0.4, -0.2) is 12.1 Å². The van der Waals surface area contributed by atoms with Crippen LogP contribution >= 0.6 is 11.3 Å². The molecule has 0 aliphatic heterocycles. The van der Waals surface area contributed by atoms with Crippen LogP contribution in [0.1, 0.15) is 29.5 Å². The highest BCUT2D eigenvalue weighted by Gasteiger charge is 2.41. The Morgan fingerprint density at radius 1 is 1.47 bits per heavy atom. The van der Waals surface area contributed by atoms with Crippen LogP contribution in [0, 0.1) is 18.8 Å². The number of nitrogens with one attached hydrogen (secondary N) is 1. The van der Waals surface area contributed by atoms with E-state index in [9.17, 15) is 0 Å². The van der Waals surface area contributed by atoms with Crippen LogP contribution in [0.2, 0.25) is 0 Å². The van der Waals surface area contributed by atoms with Gasteiger partial charge >= 0.3 is 0 Å². The van der Waals surface area contributed by atoms with Crippen LogP contribution in [-0.2, 0) is 6.42 Å².